The Morgan fingerprint density at radius 3 is 2.65 bits per heavy atom. The molecule has 0 aromatic carbocycles. The van der Waals surface area contributed by atoms with Gasteiger partial charge in [-0.1, -0.05) is 24.6 Å². The number of aliphatic imine (C=N–C) groups is 1. The molecule has 3 rings (SSSR count). The van der Waals surface area contributed by atoms with E-state index in [2.05, 4.69) is 10.3 Å². The number of rotatable bonds is 2. The van der Waals surface area contributed by atoms with E-state index < -0.39 is 0 Å². The number of amidine groups is 1. The van der Waals surface area contributed by atoms with Crippen LogP contribution in [0.15, 0.2) is 4.99 Å². The normalized spacial score (nSPS) is 28.9. The van der Waals surface area contributed by atoms with Crippen molar-refractivity contribution < 1.29 is 4.79 Å². The molecule has 3 fully saturated rings. The number of likely N-dealkylation sites (tertiary alicyclic amines) is 1. The summed E-state index contributed by atoms with van der Waals surface area (Å²) < 4.78 is 0. The minimum absolute atomic E-state index is 0.201. The average molecular weight is 295 g/mol. The SMILES string of the molecule is CC(N=C1NC2(CCCC2)CS1)C(=O)N1CCCCC1. The fourth-order valence-electron chi connectivity index (χ4n) is 3.51. The third-order valence-electron chi connectivity index (χ3n) is 4.75. The van der Waals surface area contributed by atoms with Gasteiger partial charge in [0, 0.05) is 24.4 Å². The summed E-state index contributed by atoms with van der Waals surface area (Å²) in [5.41, 5.74) is 0.289. The Labute approximate surface area is 125 Å². The molecule has 2 saturated heterocycles. The van der Waals surface area contributed by atoms with Crippen LogP contribution in [0.1, 0.15) is 51.9 Å². The summed E-state index contributed by atoms with van der Waals surface area (Å²) in [4.78, 5) is 19.0. The lowest BCUT2D eigenvalue weighted by Gasteiger charge is -2.28. The van der Waals surface area contributed by atoms with Crippen LogP contribution in [0, 0.1) is 0 Å². The zero-order valence-electron chi connectivity index (χ0n) is 12.4. The molecule has 1 atom stereocenters. The van der Waals surface area contributed by atoms with Gasteiger partial charge in [0.15, 0.2) is 5.17 Å². The Morgan fingerprint density at radius 2 is 1.95 bits per heavy atom. The zero-order chi connectivity index (χ0) is 14.0. The average Bonchev–Trinajstić information content (AvgIpc) is 3.09. The molecule has 1 N–H and O–H groups in total. The fraction of sp³-hybridized carbons (Fsp3) is 0.867. The van der Waals surface area contributed by atoms with Crippen LogP contribution in [0.3, 0.4) is 0 Å². The Balaban J connectivity index is 1.59. The third kappa shape index (κ3) is 2.97. The number of carbonyl (C=O) groups excluding carboxylic acids is 1. The third-order valence-corrected chi connectivity index (χ3v) is 5.93. The number of hydrogen-bond acceptors (Lipinski definition) is 3. The lowest BCUT2D eigenvalue weighted by Crippen LogP contribution is -2.43. The maximum atomic E-state index is 12.4. The van der Waals surface area contributed by atoms with Crippen LogP contribution in [0.5, 0.6) is 0 Å². The van der Waals surface area contributed by atoms with Crippen molar-refractivity contribution in [3.05, 3.63) is 0 Å². The summed E-state index contributed by atoms with van der Waals surface area (Å²) in [5.74, 6) is 1.32. The van der Waals surface area contributed by atoms with E-state index in [1.165, 1.54) is 32.1 Å². The zero-order valence-corrected chi connectivity index (χ0v) is 13.2. The Bertz CT molecular complexity index is 398. The van der Waals surface area contributed by atoms with Crippen LogP contribution in [0.25, 0.3) is 0 Å². The molecule has 5 heteroatoms. The molecule has 1 aliphatic carbocycles. The molecule has 0 bridgehead atoms. The summed E-state index contributed by atoms with van der Waals surface area (Å²) in [7, 11) is 0. The van der Waals surface area contributed by atoms with Crippen molar-refractivity contribution in [1.82, 2.24) is 10.2 Å². The first-order valence-corrected chi connectivity index (χ1v) is 8.95. The molecule has 4 nitrogen and oxygen atoms in total. The van der Waals surface area contributed by atoms with Crippen LogP contribution in [0.4, 0.5) is 0 Å². The quantitative estimate of drug-likeness (QED) is 0.851. The number of hydrogen-bond donors (Lipinski definition) is 1. The van der Waals surface area contributed by atoms with Crippen molar-refractivity contribution in [3.63, 3.8) is 0 Å². The molecule has 0 aromatic rings. The number of amides is 1. The largest absolute Gasteiger partial charge is 0.359 e. The highest BCUT2D eigenvalue weighted by atomic mass is 32.2. The lowest BCUT2D eigenvalue weighted by molar-refractivity contribution is -0.132. The Morgan fingerprint density at radius 1 is 1.25 bits per heavy atom. The number of carbonyl (C=O) groups is 1. The van der Waals surface area contributed by atoms with Gasteiger partial charge >= 0.3 is 0 Å². The van der Waals surface area contributed by atoms with Gasteiger partial charge in [-0.05, 0) is 39.0 Å². The van der Waals surface area contributed by atoms with Crippen LogP contribution < -0.4 is 5.32 Å². The van der Waals surface area contributed by atoms with E-state index in [0.29, 0.717) is 0 Å². The standard InChI is InChI=1S/C15H25N3OS/c1-12(13(19)18-9-5-2-6-10-18)16-14-17-15(11-20-14)7-3-4-8-15/h12H,2-11H2,1H3,(H,16,17). The molecule has 20 heavy (non-hydrogen) atoms. The molecule has 3 aliphatic rings. The minimum atomic E-state index is -0.236. The van der Waals surface area contributed by atoms with Gasteiger partial charge in [0.05, 0.1) is 0 Å². The van der Waals surface area contributed by atoms with Gasteiger partial charge in [0.1, 0.15) is 6.04 Å². The van der Waals surface area contributed by atoms with E-state index >= 15 is 0 Å². The van der Waals surface area contributed by atoms with Crippen molar-refractivity contribution in [2.24, 2.45) is 4.99 Å². The highest BCUT2D eigenvalue weighted by molar-refractivity contribution is 8.14. The van der Waals surface area contributed by atoms with Gasteiger partial charge in [-0.15, -0.1) is 0 Å². The maximum absolute atomic E-state index is 12.4. The van der Waals surface area contributed by atoms with Crippen LogP contribution >= 0.6 is 11.8 Å². The molecule has 0 aromatic heterocycles. The topological polar surface area (TPSA) is 44.7 Å². The number of piperidine rings is 1. The summed E-state index contributed by atoms with van der Waals surface area (Å²) in [5, 5.41) is 4.59. The highest BCUT2D eigenvalue weighted by Crippen LogP contribution is 2.37. The van der Waals surface area contributed by atoms with Gasteiger partial charge in [-0.3, -0.25) is 4.79 Å². The van der Waals surface area contributed by atoms with E-state index in [1.807, 2.05) is 11.8 Å². The summed E-state index contributed by atoms with van der Waals surface area (Å²) >= 11 is 1.80. The van der Waals surface area contributed by atoms with Crippen LogP contribution in [-0.2, 0) is 4.79 Å². The second-order valence-electron chi connectivity index (χ2n) is 6.40. The van der Waals surface area contributed by atoms with Crippen LogP contribution in [0.2, 0.25) is 0 Å². The first-order valence-electron chi connectivity index (χ1n) is 7.96. The first kappa shape index (κ1) is 14.2. The van der Waals surface area contributed by atoms with Crippen LogP contribution in [-0.4, -0.2) is 46.4 Å². The second kappa shape index (κ2) is 5.96. The van der Waals surface area contributed by atoms with E-state index in [9.17, 15) is 4.79 Å². The predicted molar refractivity (Wildman–Crippen MR) is 84.1 cm³/mol. The predicted octanol–water partition coefficient (Wildman–Crippen LogP) is 2.39. The van der Waals surface area contributed by atoms with E-state index in [4.69, 9.17) is 0 Å². The Hall–Kier alpha value is -0.710. The van der Waals surface area contributed by atoms with Gasteiger partial charge in [-0.25, -0.2) is 4.99 Å². The summed E-state index contributed by atoms with van der Waals surface area (Å²) in [6, 6.07) is -0.236. The lowest BCUT2D eigenvalue weighted by atomic mass is 10.0. The van der Waals surface area contributed by atoms with Crippen molar-refractivity contribution >= 4 is 22.8 Å². The first-order chi connectivity index (χ1) is 9.69. The molecule has 2 aliphatic heterocycles. The van der Waals surface area contributed by atoms with E-state index in [-0.39, 0.29) is 17.5 Å². The molecule has 2 heterocycles. The van der Waals surface area contributed by atoms with Gasteiger partial charge in [0.25, 0.3) is 0 Å². The number of nitrogens with one attached hydrogen (secondary N) is 1. The minimum Gasteiger partial charge on any atom is -0.359 e. The molecular weight excluding hydrogens is 270 g/mol. The molecule has 1 unspecified atom stereocenters. The maximum Gasteiger partial charge on any atom is 0.247 e. The van der Waals surface area contributed by atoms with Crippen molar-refractivity contribution in [3.8, 4) is 0 Å². The second-order valence-corrected chi connectivity index (χ2v) is 7.36. The van der Waals surface area contributed by atoms with Crippen molar-refractivity contribution in [2.45, 2.75) is 63.5 Å². The number of thioether (sulfide) groups is 1. The molecule has 1 spiro atoms. The monoisotopic (exact) mass is 295 g/mol. The molecule has 0 radical (unpaired) electrons. The molecular formula is C15H25N3OS. The Kier molecular flexibility index (Phi) is 4.24. The molecule has 112 valence electrons. The molecule has 1 amide bonds. The summed E-state index contributed by atoms with van der Waals surface area (Å²) in [6.07, 6.45) is 8.70. The fourth-order valence-corrected chi connectivity index (χ4v) is 4.80. The molecule has 1 saturated carbocycles. The van der Waals surface area contributed by atoms with Gasteiger partial charge in [0.2, 0.25) is 5.91 Å². The van der Waals surface area contributed by atoms with Gasteiger partial charge < -0.3 is 10.2 Å². The smallest absolute Gasteiger partial charge is 0.247 e. The van der Waals surface area contributed by atoms with E-state index in [1.54, 1.807) is 11.8 Å². The summed E-state index contributed by atoms with van der Waals surface area (Å²) in [6.45, 7) is 3.77. The van der Waals surface area contributed by atoms with Crippen molar-refractivity contribution in [1.29, 1.82) is 0 Å². The van der Waals surface area contributed by atoms with E-state index in [0.717, 1.165) is 36.9 Å². The van der Waals surface area contributed by atoms with Gasteiger partial charge in [-0.2, -0.15) is 0 Å². The highest BCUT2D eigenvalue weighted by Gasteiger charge is 2.39. The van der Waals surface area contributed by atoms with Crippen molar-refractivity contribution in [2.75, 3.05) is 18.8 Å². The number of nitrogens with zero attached hydrogens (tertiary/aromatic N) is 2.